The van der Waals surface area contributed by atoms with Gasteiger partial charge in [-0.2, -0.15) is 0 Å². The summed E-state index contributed by atoms with van der Waals surface area (Å²) in [6, 6.07) is 14.5. The average Bonchev–Trinajstić information content (AvgIpc) is 3.21. The van der Waals surface area contributed by atoms with Crippen LogP contribution >= 0.6 is 0 Å². The number of rotatable bonds is 4. The largest absolute Gasteiger partial charge is 0.445 e. The van der Waals surface area contributed by atoms with E-state index < -0.39 is 23.8 Å². The molecular formula is C24H29N5O4. The lowest BCUT2D eigenvalue weighted by molar-refractivity contribution is 0.00531. The van der Waals surface area contributed by atoms with Crippen LogP contribution in [0.4, 0.5) is 9.59 Å². The van der Waals surface area contributed by atoms with Crippen LogP contribution in [0.2, 0.25) is 0 Å². The minimum atomic E-state index is -0.620. The van der Waals surface area contributed by atoms with Gasteiger partial charge in [0.15, 0.2) is 11.5 Å². The van der Waals surface area contributed by atoms with Crippen molar-refractivity contribution in [3.05, 3.63) is 66.1 Å². The van der Waals surface area contributed by atoms with Crippen LogP contribution in [0.5, 0.6) is 0 Å². The Morgan fingerprint density at radius 3 is 2.61 bits per heavy atom. The molecule has 3 heterocycles. The van der Waals surface area contributed by atoms with E-state index in [0.29, 0.717) is 30.9 Å². The van der Waals surface area contributed by atoms with Crippen molar-refractivity contribution in [2.75, 3.05) is 6.54 Å². The fourth-order valence-corrected chi connectivity index (χ4v) is 3.90. The molecule has 174 valence electrons. The number of hydrogen-bond acceptors (Lipinski definition) is 6. The normalized spacial score (nSPS) is 18.7. The first-order chi connectivity index (χ1) is 15.8. The molecule has 1 N–H and O–H groups in total. The number of carbonyl (C=O) groups is 2. The molecule has 9 nitrogen and oxygen atoms in total. The van der Waals surface area contributed by atoms with Crippen LogP contribution in [0.3, 0.4) is 0 Å². The van der Waals surface area contributed by atoms with E-state index in [1.807, 2.05) is 79.9 Å². The van der Waals surface area contributed by atoms with Gasteiger partial charge in [0.1, 0.15) is 12.2 Å². The lowest BCUT2D eigenvalue weighted by Crippen LogP contribution is -2.49. The molecular weight excluding hydrogens is 422 g/mol. The first-order valence-electron chi connectivity index (χ1n) is 11.1. The van der Waals surface area contributed by atoms with E-state index in [4.69, 9.17) is 9.47 Å². The van der Waals surface area contributed by atoms with Crippen molar-refractivity contribution < 1.29 is 19.1 Å². The van der Waals surface area contributed by atoms with Gasteiger partial charge < -0.3 is 14.8 Å². The molecule has 0 spiro atoms. The number of piperidine rings is 1. The van der Waals surface area contributed by atoms with E-state index in [0.717, 1.165) is 5.56 Å². The second-order valence-electron chi connectivity index (χ2n) is 9.10. The highest BCUT2D eigenvalue weighted by molar-refractivity contribution is 5.70. The molecule has 4 rings (SSSR count). The quantitative estimate of drug-likeness (QED) is 0.641. The Balaban J connectivity index is 1.49. The number of pyridine rings is 1. The maximum atomic E-state index is 13.0. The van der Waals surface area contributed by atoms with Crippen molar-refractivity contribution in [2.45, 2.75) is 57.9 Å². The maximum absolute atomic E-state index is 13.0. The number of aromatic nitrogens is 3. The van der Waals surface area contributed by atoms with Crippen molar-refractivity contribution in [3.8, 4) is 0 Å². The zero-order chi connectivity index (χ0) is 23.4. The number of ether oxygens (including phenoxy) is 2. The molecule has 1 aliphatic rings. The number of carbonyl (C=O) groups excluding carboxylic acids is 2. The van der Waals surface area contributed by atoms with Gasteiger partial charge in [0.05, 0.1) is 6.04 Å². The number of hydrogen-bond donors (Lipinski definition) is 1. The minimum Gasteiger partial charge on any atom is -0.445 e. The number of alkyl carbamates (subject to hydrolysis) is 1. The van der Waals surface area contributed by atoms with Crippen LogP contribution in [0, 0.1) is 0 Å². The summed E-state index contributed by atoms with van der Waals surface area (Å²) in [5.74, 6) is 0.626. The molecule has 1 aliphatic heterocycles. The lowest BCUT2D eigenvalue weighted by atomic mass is 9.97. The summed E-state index contributed by atoms with van der Waals surface area (Å²) in [6.45, 7) is 6.11. The predicted octanol–water partition coefficient (Wildman–Crippen LogP) is 4.10. The van der Waals surface area contributed by atoms with Gasteiger partial charge in [-0.05, 0) is 51.3 Å². The predicted molar refractivity (Wildman–Crippen MR) is 121 cm³/mol. The van der Waals surface area contributed by atoms with Crippen molar-refractivity contribution in [2.24, 2.45) is 0 Å². The summed E-state index contributed by atoms with van der Waals surface area (Å²) >= 11 is 0. The zero-order valence-corrected chi connectivity index (χ0v) is 19.1. The molecule has 0 bridgehead atoms. The van der Waals surface area contributed by atoms with Gasteiger partial charge in [-0.25, -0.2) is 9.59 Å². The molecule has 1 aromatic carbocycles. The first kappa shape index (κ1) is 22.6. The fourth-order valence-electron chi connectivity index (χ4n) is 3.90. The number of nitrogens with zero attached hydrogens (tertiary/aromatic N) is 4. The van der Waals surface area contributed by atoms with Crippen LogP contribution in [0.25, 0.3) is 5.65 Å². The average molecular weight is 452 g/mol. The molecule has 2 aromatic heterocycles. The first-order valence-corrected chi connectivity index (χ1v) is 11.1. The minimum absolute atomic E-state index is 0.187. The Morgan fingerprint density at radius 1 is 1.09 bits per heavy atom. The van der Waals surface area contributed by atoms with Crippen molar-refractivity contribution in [3.63, 3.8) is 0 Å². The van der Waals surface area contributed by atoms with E-state index in [9.17, 15) is 9.59 Å². The molecule has 2 atom stereocenters. The lowest BCUT2D eigenvalue weighted by Gasteiger charge is -2.39. The SMILES string of the molecule is CC(C)(C)OC(=O)N1CC[C@H](NC(=O)OCc2ccccc2)C[C@H]1c1nnc2ccccn12. The fraction of sp³-hybridized carbons (Fsp3) is 0.417. The summed E-state index contributed by atoms with van der Waals surface area (Å²) in [6.07, 6.45) is 2.01. The Kier molecular flexibility index (Phi) is 6.48. The maximum Gasteiger partial charge on any atom is 0.410 e. The third-order valence-electron chi connectivity index (χ3n) is 5.40. The Hall–Kier alpha value is -3.62. The number of nitrogens with one attached hydrogen (secondary N) is 1. The highest BCUT2D eigenvalue weighted by Crippen LogP contribution is 2.32. The summed E-state index contributed by atoms with van der Waals surface area (Å²) in [4.78, 5) is 27.1. The highest BCUT2D eigenvalue weighted by atomic mass is 16.6. The van der Waals surface area contributed by atoms with Gasteiger partial charge in [-0.15, -0.1) is 10.2 Å². The van der Waals surface area contributed by atoms with Gasteiger partial charge in [0, 0.05) is 18.8 Å². The molecule has 1 fully saturated rings. The smallest absolute Gasteiger partial charge is 0.410 e. The molecule has 0 radical (unpaired) electrons. The van der Waals surface area contributed by atoms with E-state index in [1.165, 1.54) is 0 Å². The molecule has 1 saturated heterocycles. The van der Waals surface area contributed by atoms with Crippen LogP contribution in [-0.2, 0) is 16.1 Å². The second-order valence-corrected chi connectivity index (χ2v) is 9.10. The summed E-state index contributed by atoms with van der Waals surface area (Å²) < 4.78 is 12.9. The van der Waals surface area contributed by atoms with E-state index >= 15 is 0 Å². The molecule has 2 amide bonds. The van der Waals surface area contributed by atoms with Gasteiger partial charge in [0.25, 0.3) is 0 Å². The molecule has 33 heavy (non-hydrogen) atoms. The molecule has 3 aromatic rings. The number of fused-ring (bicyclic) bond motifs is 1. The third-order valence-corrected chi connectivity index (χ3v) is 5.40. The Bertz CT molecular complexity index is 1110. The number of likely N-dealkylation sites (tertiary alicyclic amines) is 1. The topological polar surface area (TPSA) is 98.1 Å². The van der Waals surface area contributed by atoms with Gasteiger partial charge in [-0.1, -0.05) is 36.4 Å². The van der Waals surface area contributed by atoms with Gasteiger partial charge in [0.2, 0.25) is 0 Å². The third kappa shape index (κ3) is 5.60. The summed E-state index contributed by atoms with van der Waals surface area (Å²) in [7, 11) is 0. The van der Waals surface area contributed by atoms with E-state index in [-0.39, 0.29) is 12.6 Å². The summed E-state index contributed by atoms with van der Waals surface area (Å²) in [5, 5.41) is 11.5. The van der Waals surface area contributed by atoms with Crippen LogP contribution < -0.4 is 5.32 Å². The molecule has 0 unspecified atom stereocenters. The van der Waals surface area contributed by atoms with Crippen LogP contribution in [-0.4, -0.2) is 49.9 Å². The standard InChI is InChI=1S/C24H29N5O4/c1-24(2,3)33-23(31)28-14-12-18(25-22(30)32-16-17-9-5-4-6-10-17)15-19(28)21-27-26-20-11-7-8-13-29(20)21/h4-11,13,18-19H,12,14-16H2,1-3H3,(H,25,30)/t18-,19-/m0/s1. The number of benzene rings is 1. The monoisotopic (exact) mass is 451 g/mol. The van der Waals surface area contributed by atoms with Crippen molar-refractivity contribution >= 4 is 17.8 Å². The van der Waals surface area contributed by atoms with E-state index in [2.05, 4.69) is 15.5 Å². The molecule has 0 aliphatic carbocycles. The summed E-state index contributed by atoms with van der Waals surface area (Å²) in [5.41, 5.74) is 0.986. The van der Waals surface area contributed by atoms with E-state index in [1.54, 1.807) is 4.90 Å². The van der Waals surface area contributed by atoms with Crippen molar-refractivity contribution in [1.29, 1.82) is 0 Å². The second kappa shape index (κ2) is 9.48. The van der Waals surface area contributed by atoms with Gasteiger partial charge >= 0.3 is 12.2 Å². The van der Waals surface area contributed by atoms with Crippen LogP contribution in [0.1, 0.15) is 51.0 Å². The van der Waals surface area contributed by atoms with Crippen LogP contribution in [0.15, 0.2) is 54.7 Å². The number of amides is 2. The molecule has 0 saturated carbocycles. The van der Waals surface area contributed by atoms with Gasteiger partial charge in [-0.3, -0.25) is 9.30 Å². The molecule has 9 heteroatoms. The Labute approximate surface area is 192 Å². The zero-order valence-electron chi connectivity index (χ0n) is 19.1. The highest BCUT2D eigenvalue weighted by Gasteiger charge is 2.38. The Morgan fingerprint density at radius 2 is 1.85 bits per heavy atom. The van der Waals surface area contributed by atoms with Crippen molar-refractivity contribution in [1.82, 2.24) is 24.8 Å².